The molecule has 0 spiro atoms. The number of nitrogens with zero attached hydrogens (tertiary/aromatic N) is 1. The van der Waals surface area contributed by atoms with Crippen molar-refractivity contribution in [1.82, 2.24) is 0 Å². The summed E-state index contributed by atoms with van der Waals surface area (Å²) in [7, 11) is 1.28. The largest absolute Gasteiger partial charge is 0.465 e. The zero-order valence-corrected chi connectivity index (χ0v) is 9.26. The third kappa shape index (κ3) is 2.11. The number of carbonyl (C=O) groups is 1. The fraction of sp³-hybridized carbons (Fsp3) is 0.273. The molecular weight excluding hydrogens is 214 g/mol. The average molecular weight is 224 g/mol. The zero-order valence-electron chi connectivity index (χ0n) is 8.50. The Kier molecular flexibility index (Phi) is 3.70. The van der Waals surface area contributed by atoms with E-state index < -0.39 is 5.97 Å². The standard InChI is InChI=1S/C11H10ClNO2/c1-7-3-4-8(6-13)10(9(7)5-12)11(14)15-2/h3-4H,5H2,1-2H3. The Morgan fingerprint density at radius 3 is 2.73 bits per heavy atom. The molecule has 0 aromatic heterocycles. The lowest BCUT2D eigenvalue weighted by atomic mass is 9.98. The number of rotatable bonds is 2. The van der Waals surface area contributed by atoms with Crippen molar-refractivity contribution in [2.75, 3.05) is 7.11 Å². The maximum absolute atomic E-state index is 11.5. The molecule has 0 saturated heterocycles. The third-order valence-corrected chi connectivity index (χ3v) is 2.46. The highest BCUT2D eigenvalue weighted by molar-refractivity contribution is 6.18. The van der Waals surface area contributed by atoms with Crippen LogP contribution in [0.4, 0.5) is 0 Å². The van der Waals surface area contributed by atoms with Crippen molar-refractivity contribution in [2.24, 2.45) is 0 Å². The molecule has 1 rings (SSSR count). The lowest BCUT2D eigenvalue weighted by Crippen LogP contribution is -2.09. The fourth-order valence-electron chi connectivity index (χ4n) is 1.35. The van der Waals surface area contributed by atoms with Gasteiger partial charge < -0.3 is 4.74 Å². The van der Waals surface area contributed by atoms with E-state index in [1.54, 1.807) is 12.1 Å². The van der Waals surface area contributed by atoms with E-state index >= 15 is 0 Å². The zero-order chi connectivity index (χ0) is 11.4. The molecule has 0 aliphatic carbocycles. The van der Waals surface area contributed by atoms with Crippen LogP contribution in [0.5, 0.6) is 0 Å². The van der Waals surface area contributed by atoms with Gasteiger partial charge in [0.2, 0.25) is 0 Å². The molecule has 0 N–H and O–H groups in total. The van der Waals surface area contributed by atoms with Crippen LogP contribution in [0.2, 0.25) is 0 Å². The molecule has 78 valence electrons. The molecule has 0 bridgehead atoms. The van der Waals surface area contributed by atoms with Gasteiger partial charge in [-0.2, -0.15) is 5.26 Å². The van der Waals surface area contributed by atoms with Crippen LogP contribution in [0.15, 0.2) is 12.1 Å². The van der Waals surface area contributed by atoms with E-state index in [-0.39, 0.29) is 11.4 Å². The van der Waals surface area contributed by atoms with Gasteiger partial charge >= 0.3 is 5.97 Å². The normalized spacial score (nSPS) is 9.47. The Hall–Kier alpha value is -1.53. The van der Waals surface area contributed by atoms with Crippen molar-refractivity contribution in [3.8, 4) is 6.07 Å². The van der Waals surface area contributed by atoms with Crippen LogP contribution in [0.25, 0.3) is 0 Å². The van der Waals surface area contributed by atoms with E-state index in [9.17, 15) is 4.79 Å². The molecule has 0 unspecified atom stereocenters. The Bertz CT molecular complexity index is 435. The number of benzene rings is 1. The summed E-state index contributed by atoms with van der Waals surface area (Å²) in [5, 5.41) is 8.87. The van der Waals surface area contributed by atoms with E-state index in [4.69, 9.17) is 16.9 Å². The predicted molar refractivity (Wildman–Crippen MR) is 56.8 cm³/mol. The molecule has 1 aromatic carbocycles. The van der Waals surface area contributed by atoms with Gasteiger partial charge in [-0.1, -0.05) is 6.07 Å². The van der Waals surface area contributed by atoms with E-state index in [0.29, 0.717) is 11.1 Å². The molecule has 0 fully saturated rings. The molecular formula is C11H10ClNO2. The van der Waals surface area contributed by atoms with Crippen LogP contribution in [-0.4, -0.2) is 13.1 Å². The highest BCUT2D eigenvalue weighted by Gasteiger charge is 2.18. The minimum atomic E-state index is -0.522. The van der Waals surface area contributed by atoms with Gasteiger partial charge in [-0.3, -0.25) is 0 Å². The number of halogens is 1. The summed E-state index contributed by atoms with van der Waals surface area (Å²) < 4.78 is 4.63. The molecule has 0 radical (unpaired) electrons. The van der Waals surface area contributed by atoms with Gasteiger partial charge in [-0.15, -0.1) is 11.6 Å². The number of methoxy groups -OCH3 is 1. The summed E-state index contributed by atoms with van der Waals surface area (Å²) in [6.45, 7) is 1.84. The Labute approximate surface area is 93.2 Å². The fourth-order valence-corrected chi connectivity index (χ4v) is 1.70. The van der Waals surface area contributed by atoms with Crippen LogP contribution in [-0.2, 0) is 10.6 Å². The number of aryl methyl sites for hydroxylation is 1. The quantitative estimate of drug-likeness (QED) is 0.571. The van der Waals surface area contributed by atoms with Crippen LogP contribution >= 0.6 is 11.6 Å². The maximum Gasteiger partial charge on any atom is 0.339 e. The number of ether oxygens (including phenoxy) is 1. The Morgan fingerprint density at radius 2 is 2.27 bits per heavy atom. The van der Waals surface area contributed by atoms with Crippen molar-refractivity contribution in [3.05, 3.63) is 34.4 Å². The topological polar surface area (TPSA) is 50.1 Å². The molecule has 3 nitrogen and oxygen atoms in total. The number of esters is 1. The van der Waals surface area contributed by atoms with Crippen molar-refractivity contribution >= 4 is 17.6 Å². The minimum Gasteiger partial charge on any atom is -0.465 e. The van der Waals surface area contributed by atoms with Gasteiger partial charge in [-0.25, -0.2) is 4.79 Å². The van der Waals surface area contributed by atoms with E-state index in [1.807, 2.05) is 13.0 Å². The first kappa shape index (κ1) is 11.5. The molecule has 1 aromatic rings. The molecule has 0 amide bonds. The SMILES string of the molecule is COC(=O)c1c(C#N)ccc(C)c1CCl. The van der Waals surface area contributed by atoms with Crippen molar-refractivity contribution in [1.29, 1.82) is 5.26 Å². The molecule has 0 saturated carbocycles. The van der Waals surface area contributed by atoms with E-state index in [0.717, 1.165) is 5.56 Å². The van der Waals surface area contributed by atoms with Gasteiger partial charge in [-0.05, 0) is 24.1 Å². The first-order chi connectivity index (χ1) is 7.15. The molecule has 15 heavy (non-hydrogen) atoms. The lowest BCUT2D eigenvalue weighted by Gasteiger charge is -2.09. The molecule has 0 aliphatic rings. The van der Waals surface area contributed by atoms with Crippen LogP contribution in [0.1, 0.15) is 27.0 Å². The molecule has 4 heteroatoms. The van der Waals surface area contributed by atoms with Gasteiger partial charge in [0.1, 0.15) is 6.07 Å². The highest BCUT2D eigenvalue weighted by atomic mass is 35.5. The predicted octanol–water partition coefficient (Wildman–Crippen LogP) is 2.39. The molecule has 0 atom stereocenters. The summed E-state index contributed by atoms with van der Waals surface area (Å²) in [5.41, 5.74) is 2.10. The van der Waals surface area contributed by atoms with Crippen LogP contribution in [0.3, 0.4) is 0 Å². The third-order valence-electron chi connectivity index (χ3n) is 2.19. The summed E-state index contributed by atoms with van der Waals surface area (Å²) in [6.07, 6.45) is 0. The first-order valence-electron chi connectivity index (χ1n) is 4.32. The maximum atomic E-state index is 11.5. The number of alkyl halides is 1. The summed E-state index contributed by atoms with van der Waals surface area (Å²) in [6, 6.07) is 5.31. The van der Waals surface area contributed by atoms with Crippen LogP contribution < -0.4 is 0 Å². The second-order valence-electron chi connectivity index (χ2n) is 3.02. The summed E-state index contributed by atoms with van der Waals surface area (Å²) >= 11 is 5.75. The number of hydrogen-bond acceptors (Lipinski definition) is 3. The number of carbonyl (C=O) groups excluding carboxylic acids is 1. The second kappa shape index (κ2) is 4.81. The van der Waals surface area contributed by atoms with Gasteiger partial charge in [0.15, 0.2) is 0 Å². The summed E-state index contributed by atoms with van der Waals surface area (Å²) in [5.74, 6) is -0.336. The first-order valence-corrected chi connectivity index (χ1v) is 4.86. The number of hydrogen-bond donors (Lipinski definition) is 0. The average Bonchev–Trinajstić information content (AvgIpc) is 2.27. The monoisotopic (exact) mass is 223 g/mol. The van der Waals surface area contributed by atoms with Gasteiger partial charge in [0.25, 0.3) is 0 Å². The van der Waals surface area contributed by atoms with Crippen molar-refractivity contribution < 1.29 is 9.53 Å². The van der Waals surface area contributed by atoms with Gasteiger partial charge in [0.05, 0.1) is 18.2 Å². The Balaban J connectivity index is 3.49. The molecule has 0 aliphatic heterocycles. The Morgan fingerprint density at radius 1 is 1.60 bits per heavy atom. The minimum absolute atomic E-state index is 0.186. The van der Waals surface area contributed by atoms with E-state index in [2.05, 4.69) is 4.74 Å². The van der Waals surface area contributed by atoms with Crippen LogP contribution in [0, 0.1) is 18.3 Å². The van der Waals surface area contributed by atoms with Gasteiger partial charge in [0, 0.05) is 5.88 Å². The number of nitriles is 1. The van der Waals surface area contributed by atoms with E-state index in [1.165, 1.54) is 7.11 Å². The smallest absolute Gasteiger partial charge is 0.339 e. The van der Waals surface area contributed by atoms with Crippen molar-refractivity contribution in [3.63, 3.8) is 0 Å². The summed E-state index contributed by atoms with van der Waals surface area (Å²) in [4.78, 5) is 11.5. The highest BCUT2D eigenvalue weighted by Crippen LogP contribution is 2.21. The van der Waals surface area contributed by atoms with Crippen molar-refractivity contribution in [2.45, 2.75) is 12.8 Å². The second-order valence-corrected chi connectivity index (χ2v) is 3.29. The molecule has 0 heterocycles. The lowest BCUT2D eigenvalue weighted by molar-refractivity contribution is 0.0599.